The molecule has 1 aromatic heterocycles. The normalized spacial score (nSPS) is 9.31. The minimum absolute atomic E-state index is 0.189. The van der Waals surface area contributed by atoms with Crippen LogP contribution in [0.15, 0.2) is 12.7 Å². The zero-order chi connectivity index (χ0) is 9.68. The van der Waals surface area contributed by atoms with Gasteiger partial charge in [0.1, 0.15) is 0 Å². The van der Waals surface area contributed by atoms with E-state index in [0.717, 1.165) is 0 Å². The van der Waals surface area contributed by atoms with Gasteiger partial charge in [-0.3, -0.25) is 10.1 Å². The number of rotatable bonds is 4. The van der Waals surface area contributed by atoms with Crippen LogP contribution in [0.25, 0.3) is 0 Å². The third kappa shape index (κ3) is 2.58. The van der Waals surface area contributed by atoms with E-state index >= 15 is 0 Å². The third-order valence-corrected chi connectivity index (χ3v) is 1.24. The Morgan fingerprint density at radius 3 is 3.15 bits per heavy atom. The van der Waals surface area contributed by atoms with Gasteiger partial charge in [0.2, 0.25) is 11.9 Å². The summed E-state index contributed by atoms with van der Waals surface area (Å²) < 4.78 is 4.71. The molecule has 6 nitrogen and oxygen atoms in total. The van der Waals surface area contributed by atoms with E-state index in [1.165, 1.54) is 13.2 Å². The van der Waals surface area contributed by atoms with Gasteiger partial charge in [-0.1, -0.05) is 6.08 Å². The van der Waals surface area contributed by atoms with E-state index in [2.05, 4.69) is 27.1 Å². The summed E-state index contributed by atoms with van der Waals surface area (Å²) >= 11 is 0. The number of nitrogens with zero attached hydrogens (tertiary/aromatic N) is 2. The van der Waals surface area contributed by atoms with Gasteiger partial charge in [-0.25, -0.2) is 5.10 Å². The minimum atomic E-state index is -0.200. The minimum Gasteiger partial charge on any atom is -0.466 e. The number of ether oxygens (including phenoxy) is 1. The standard InChI is InChI=1S/C7H10N4O2/c1-3-4-5(12)8-6-9-7(13-2)11-10-6/h3H,1,4H2,2H3,(H2,8,9,10,11,12). The number of carbonyl (C=O) groups excluding carboxylic acids is 1. The van der Waals surface area contributed by atoms with Gasteiger partial charge < -0.3 is 4.74 Å². The zero-order valence-electron chi connectivity index (χ0n) is 7.20. The monoisotopic (exact) mass is 182 g/mol. The summed E-state index contributed by atoms with van der Waals surface area (Å²) in [5.41, 5.74) is 0. The van der Waals surface area contributed by atoms with E-state index < -0.39 is 0 Å². The first-order valence-corrected chi connectivity index (χ1v) is 3.63. The molecule has 0 unspecified atom stereocenters. The lowest BCUT2D eigenvalue weighted by Crippen LogP contribution is -2.10. The van der Waals surface area contributed by atoms with E-state index in [-0.39, 0.29) is 24.3 Å². The van der Waals surface area contributed by atoms with Crippen LogP contribution in [-0.4, -0.2) is 28.2 Å². The molecule has 0 fully saturated rings. The lowest BCUT2D eigenvalue weighted by Gasteiger charge is -1.95. The molecular weight excluding hydrogens is 172 g/mol. The van der Waals surface area contributed by atoms with Crippen molar-refractivity contribution in [1.29, 1.82) is 0 Å². The third-order valence-electron chi connectivity index (χ3n) is 1.24. The van der Waals surface area contributed by atoms with Crippen molar-refractivity contribution in [2.45, 2.75) is 6.42 Å². The Hall–Kier alpha value is -1.85. The second-order valence-electron chi connectivity index (χ2n) is 2.21. The highest BCUT2D eigenvalue weighted by atomic mass is 16.5. The van der Waals surface area contributed by atoms with Crippen molar-refractivity contribution >= 4 is 11.9 Å². The highest BCUT2D eigenvalue weighted by Gasteiger charge is 2.04. The topological polar surface area (TPSA) is 79.9 Å². The van der Waals surface area contributed by atoms with Gasteiger partial charge in [0.25, 0.3) is 0 Å². The van der Waals surface area contributed by atoms with Crippen LogP contribution in [0, 0.1) is 0 Å². The Morgan fingerprint density at radius 2 is 2.62 bits per heavy atom. The van der Waals surface area contributed by atoms with Crippen LogP contribution >= 0.6 is 0 Å². The van der Waals surface area contributed by atoms with Crippen LogP contribution in [-0.2, 0) is 4.79 Å². The fourth-order valence-corrected chi connectivity index (χ4v) is 0.708. The second kappa shape index (κ2) is 4.24. The smallest absolute Gasteiger partial charge is 0.336 e. The second-order valence-corrected chi connectivity index (χ2v) is 2.21. The molecule has 0 radical (unpaired) electrons. The SMILES string of the molecule is C=CCC(=O)Nc1nc(OC)n[nH]1. The van der Waals surface area contributed by atoms with Crippen LogP contribution in [0.2, 0.25) is 0 Å². The molecule has 6 heteroatoms. The van der Waals surface area contributed by atoms with E-state index in [1.54, 1.807) is 0 Å². The number of aromatic nitrogens is 3. The first-order chi connectivity index (χ1) is 6.26. The summed E-state index contributed by atoms with van der Waals surface area (Å²) in [7, 11) is 1.44. The van der Waals surface area contributed by atoms with E-state index in [4.69, 9.17) is 4.74 Å². The van der Waals surface area contributed by atoms with Gasteiger partial charge in [0.15, 0.2) is 0 Å². The molecule has 0 spiro atoms. The van der Waals surface area contributed by atoms with E-state index in [1.807, 2.05) is 0 Å². The molecule has 1 amide bonds. The molecule has 1 aromatic rings. The molecule has 0 saturated heterocycles. The van der Waals surface area contributed by atoms with Crippen LogP contribution in [0.4, 0.5) is 5.95 Å². The molecule has 13 heavy (non-hydrogen) atoms. The Bertz CT molecular complexity index is 307. The van der Waals surface area contributed by atoms with Gasteiger partial charge in [-0.15, -0.1) is 11.7 Å². The number of hydrogen-bond donors (Lipinski definition) is 2. The summed E-state index contributed by atoms with van der Waals surface area (Å²) in [6.07, 6.45) is 1.74. The van der Waals surface area contributed by atoms with E-state index in [0.29, 0.717) is 0 Å². The largest absolute Gasteiger partial charge is 0.466 e. The fraction of sp³-hybridized carbons (Fsp3) is 0.286. The molecular formula is C7H10N4O2. The predicted molar refractivity (Wildman–Crippen MR) is 46.4 cm³/mol. The van der Waals surface area contributed by atoms with Crippen LogP contribution in [0.5, 0.6) is 6.01 Å². The number of methoxy groups -OCH3 is 1. The Morgan fingerprint density at radius 1 is 1.85 bits per heavy atom. The number of amides is 1. The van der Waals surface area contributed by atoms with Crippen LogP contribution in [0.1, 0.15) is 6.42 Å². The molecule has 2 N–H and O–H groups in total. The Kier molecular flexibility index (Phi) is 3.02. The van der Waals surface area contributed by atoms with Gasteiger partial charge in [-0.05, 0) is 0 Å². The van der Waals surface area contributed by atoms with Crippen molar-refractivity contribution < 1.29 is 9.53 Å². The summed E-state index contributed by atoms with van der Waals surface area (Å²) in [5, 5.41) is 8.62. The van der Waals surface area contributed by atoms with E-state index in [9.17, 15) is 4.79 Å². The lowest BCUT2D eigenvalue weighted by atomic mass is 10.4. The number of H-pyrrole nitrogens is 1. The maximum atomic E-state index is 11.0. The Labute approximate surface area is 75.0 Å². The first kappa shape index (κ1) is 9.24. The summed E-state index contributed by atoms with van der Waals surface area (Å²) in [4.78, 5) is 14.8. The maximum absolute atomic E-state index is 11.0. The molecule has 0 aromatic carbocycles. The molecule has 0 bridgehead atoms. The molecule has 0 aliphatic carbocycles. The lowest BCUT2D eigenvalue weighted by molar-refractivity contribution is -0.115. The molecule has 1 heterocycles. The molecule has 0 aliphatic rings. The quantitative estimate of drug-likeness (QED) is 0.657. The zero-order valence-corrected chi connectivity index (χ0v) is 7.20. The number of carbonyl (C=O) groups is 1. The number of nitrogens with one attached hydrogen (secondary N) is 2. The van der Waals surface area contributed by atoms with Gasteiger partial charge in [0.05, 0.1) is 7.11 Å². The summed E-state index contributed by atoms with van der Waals surface area (Å²) in [5.74, 6) is 0.0671. The van der Waals surface area contributed by atoms with Crippen molar-refractivity contribution in [3.05, 3.63) is 12.7 Å². The molecule has 0 aliphatic heterocycles. The van der Waals surface area contributed by atoms with Crippen LogP contribution < -0.4 is 10.1 Å². The van der Waals surface area contributed by atoms with Crippen molar-refractivity contribution in [3.8, 4) is 6.01 Å². The van der Waals surface area contributed by atoms with Gasteiger partial charge >= 0.3 is 6.01 Å². The highest BCUT2D eigenvalue weighted by molar-refractivity contribution is 5.89. The average molecular weight is 182 g/mol. The van der Waals surface area contributed by atoms with Gasteiger partial charge in [-0.2, -0.15) is 4.98 Å². The fourth-order valence-electron chi connectivity index (χ4n) is 0.708. The van der Waals surface area contributed by atoms with Crippen LogP contribution in [0.3, 0.4) is 0 Å². The summed E-state index contributed by atoms with van der Waals surface area (Å²) in [6, 6.07) is 0.189. The molecule has 1 rings (SSSR count). The van der Waals surface area contributed by atoms with Crippen molar-refractivity contribution in [1.82, 2.24) is 15.2 Å². The molecule has 70 valence electrons. The number of hydrogen-bond acceptors (Lipinski definition) is 4. The number of aromatic amines is 1. The molecule has 0 saturated carbocycles. The Balaban J connectivity index is 2.53. The maximum Gasteiger partial charge on any atom is 0.336 e. The van der Waals surface area contributed by atoms with Crippen molar-refractivity contribution in [3.63, 3.8) is 0 Å². The molecule has 0 atom stereocenters. The summed E-state index contributed by atoms with van der Waals surface area (Å²) in [6.45, 7) is 3.43. The van der Waals surface area contributed by atoms with Crippen molar-refractivity contribution in [2.75, 3.05) is 12.4 Å². The highest BCUT2D eigenvalue weighted by Crippen LogP contribution is 2.04. The predicted octanol–water partition coefficient (Wildman–Crippen LogP) is 0.328. The first-order valence-electron chi connectivity index (χ1n) is 3.63. The van der Waals surface area contributed by atoms with Crippen molar-refractivity contribution in [2.24, 2.45) is 0 Å². The number of anilines is 1. The average Bonchev–Trinajstić information content (AvgIpc) is 2.52. The van der Waals surface area contributed by atoms with Gasteiger partial charge in [0, 0.05) is 6.42 Å².